The van der Waals surface area contributed by atoms with Crippen molar-refractivity contribution in [2.45, 2.75) is 57.6 Å². The summed E-state index contributed by atoms with van der Waals surface area (Å²) < 4.78 is 0. The molecule has 132 valence electrons. The van der Waals surface area contributed by atoms with E-state index in [2.05, 4.69) is 31.0 Å². The molecule has 0 bridgehead atoms. The van der Waals surface area contributed by atoms with Gasteiger partial charge in [0, 0.05) is 11.4 Å². The van der Waals surface area contributed by atoms with E-state index in [-0.39, 0.29) is 12.0 Å². The number of nitrogens with two attached hydrogens (primary N) is 2. The molecule has 6 heteroatoms. The van der Waals surface area contributed by atoms with Crippen LogP contribution in [0, 0.1) is 11.8 Å². The topological polar surface area (TPSA) is 97.5 Å². The maximum atomic E-state index is 10.3. The number of aliphatic hydroxyl groups is 1. The molecule has 1 heterocycles. The van der Waals surface area contributed by atoms with E-state index in [1.807, 2.05) is 0 Å². The summed E-state index contributed by atoms with van der Waals surface area (Å²) in [6.45, 7) is 4.79. The van der Waals surface area contributed by atoms with E-state index < -0.39 is 6.10 Å². The zero-order chi connectivity index (χ0) is 17.3. The number of nitrogens with zero attached hydrogens (tertiary/aromatic N) is 2. The lowest BCUT2D eigenvalue weighted by Gasteiger charge is -2.16. The van der Waals surface area contributed by atoms with Gasteiger partial charge in [0.05, 0.1) is 23.8 Å². The second-order valence-corrected chi connectivity index (χ2v) is 8.37. The van der Waals surface area contributed by atoms with Crippen molar-refractivity contribution in [2.24, 2.45) is 28.3 Å². The first-order valence-corrected chi connectivity index (χ1v) is 9.68. The van der Waals surface area contributed by atoms with Crippen molar-refractivity contribution >= 4 is 23.2 Å². The molecule has 24 heavy (non-hydrogen) atoms. The molecule has 4 unspecified atom stereocenters. The van der Waals surface area contributed by atoms with Crippen LogP contribution in [0.15, 0.2) is 11.1 Å². The third-order valence-electron chi connectivity index (χ3n) is 5.24. The number of aromatic nitrogens is 1. The van der Waals surface area contributed by atoms with E-state index in [0.29, 0.717) is 24.2 Å². The van der Waals surface area contributed by atoms with Crippen LogP contribution < -0.4 is 11.5 Å². The van der Waals surface area contributed by atoms with Gasteiger partial charge in [-0.05, 0) is 43.6 Å². The fraction of sp³-hybridized carbons (Fsp3) is 0.667. The number of aliphatic hydroxyl groups excluding tert-OH is 1. The summed E-state index contributed by atoms with van der Waals surface area (Å²) >= 11 is 1.69. The molecule has 0 amide bonds. The Bertz CT molecular complexity index is 637. The summed E-state index contributed by atoms with van der Waals surface area (Å²) in [6.07, 6.45) is 7.64. The number of amidine groups is 1. The standard InChI is InChI=1S/C18H28N4OS/c1-10(2)11-7-14(15(23)8-11)21-17(20)12(9-19)18-22-13-5-3-4-6-16(13)24-18/h3,5,10-12,14-15,23H,4,6-9,19H2,1-2H3,(H2,20,21). The highest BCUT2D eigenvalue weighted by atomic mass is 32.1. The fourth-order valence-corrected chi connectivity index (χ4v) is 4.79. The Morgan fingerprint density at radius 2 is 2.25 bits per heavy atom. The minimum atomic E-state index is -0.401. The molecule has 0 saturated heterocycles. The Morgan fingerprint density at radius 1 is 1.46 bits per heavy atom. The van der Waals surface area contributed by atoms with Gasteiger partial charge in [-0.25, -0.2) is 4.98 Å². The molecule has 1 fully saturated rings. The molecule has 0 aromatic carbocycles. The Labute approximate surface area is 147 Å². The largest absolute Gasteiger partial charge is 0.391 e. The molecule has 0 aliphatic heterocycles. The van der Waals surface area contributed by atoms with Gasteiger partial charge >= 0.3 is 0 Å². The Kier molecular flexibility index (Phi) is 5.37. The Morgan fingerprint density at radius 3 is 2.88 bits per heavy atom. The van der Waals surface area contributed by atoms with E-state index >= 15 is 0 Å². The fourth-order valence-electron chi connectivity index (χ4n) is 3.59. The molecular weight excluding hydrogens is 320 g/mol. The molecule has 1 aromatic rings. The van der Waals surface area contributed by atoms with Crippen molar-refractivity contribution in [1.29, 1.82) is 0 Å². The van der Waals surface area contributed by atoms with Gasteiger partial charge in [-0.1, -0.05) is 19.9 Å². The summed E-state index contributed by atoms with van der Waals surface area (Å²) in [6, 6.07) is -0.110. The molecule has 3 rings (SSSR count). The van der Waals surface area contributed by atoms with Gasteiger partial charge in [0.1, 0.15) is 10.8 Å². The average Bonchev–Trinajstić information content (AvgIpc) is 3.12. The van der Waals surface area contributed by atoms with Crippen LogP contribution >= 0.6 is 11.3 Å². The van der Waals surface area contributed by atoms with E-state index in [1.54, 1.807) is 11.3 Å². The lowest BCUT2D eigenvalue weighted by Crippen LogP contribution is -2.31. The van der Waals surface area contributed by atoms with Gasteiger partial charge in [-0.2, -0.15) is 0 Å². The van der Waals surface area contributed by atoms with Crippen LogP contribution in [0.1, 0.15) is 54.6 Å². The molecule has 2 aliphatic carbocycles. The van der Waals surface area contributed by atoms with Crippen LogP contribution in [0.25, 0.3) is 6.08 Å². The summed E-state index contributed by atoms with van der Waals surface area (Å²) in [5.74, 6) is 1.43. The zero-order valence-electron chi connectivity index (χ0n) is 14.5. The van der Waals surface area contributed by atoms with Crippen LogP contribution in [0.5, 0.6) is 0 Å². The van der Waals surface area contributed by atoms with Crippen molar-refractivity contribution in [3.05, 3.63) is 21.7 Å². The second-order valence-electron chi connectivity index (χ2n) is 7.25. The molecule has 2 aliphatic rings. The highest BCUT2D eigenvalue weighted by Gasteiger charge is 2.35. The first-order chi connectivity index (χ1) is 11.5. The second kappa shape index (κ2) is 7.33. The Hall–Kier alpha value is -1.24. The normalized spacial score (nSPS) is 28.4. The summed E-state index contributed by atoms with van der Waals surface area (Å²) in [5.41, 5.74) is 13.3. The quantitative estimate of drug-likeness (QED) is 0.562. The molecule has 1 saturated carbocycles. The zero-order valence-corrected chi connectivity index (χ0v) is 15.3. The number of rotatable bonds is 5. The van der Waals surface area contributed by atoms with Crippen LogP contribution in [0.2, 0.25) is 0 Å². The Balaban J connectivity index is 1.78. The highest BCUT2D eigenvalue weighted by Crippen LogP contribution is 2.34. The maximum Gasteiger partial charge on any atom is 0.105 e. The van der Waals surface area contributed by atoms with E-state index in [9.17, 15) is 5.11 Å². The summed E-state index contributed by atoms with van der Waals surface area (Å²) in [5, 5.41) is 11.2. The number of hydrogen-bond acceptors (Lipinski definition) is 5. The number of fused-ring (bicyclic) bond motifs is 1. The minimum absolute atomic E-state index is 0.110. The molecule has 0 spiro atoms. The van der Waals surface area contributed by atoms with Crippen molar-refractivity contribution in [1.82, 2.24) is 4.98 Å². The number of aryl methyl sites for hydroxylation is 1. The third-order valence-corrected chi connectivity index (χ3v) is 6.48. The molecular formula is C18H28N4OS. The molecule has 5 nitrogen and oxygen atoms in total. The van der Waals surface area contributed by atoms with Gasteiger partial charge < -0.3 is 16.6 Å². The van der Waals surface area contributed by atoms with Gasteiger partial charge in [-0.3, -0.25) is 4.99 Å². The lowest BCUT2D eigenvalue weighted by molar-refractivity contribution is 0.159. The maximum absolute atomic E-state index is 10.3. The SMILES string of the molecule is CC(C)C1CC(O)C(N=C(N)C(CN)c2nc3c(s2)CCC=C3)C1. The van der Waals surface area contributed by atoms with E-state index in [1.165, 1.54) is 4.88 Å². The van der Waals surface area contributed by atoms with Crippen LogP contribution in [0.4, 0.5) is 0 Å². The summed E-state index contributed by atoms with van der Waals surface area (Å²) in [7, 11) is 0. The number of allylic oxidation sites excluding steroid dienone is 1. The predicted molar refractivity (Wildman–Crippen MR) is 100 cm³/mol. The van der Waals surface area contributed by atoms with Crippen LogP contribution in [-0.4, -0.2) is 34.6 Å². The number of thiazole rings is 1. The van der Waals surface area contributed by atoms with Crippen molar-refractivity contribution < 1.29 is 5.11 Å². The minimum Gasteiger partial charge on any atom is -0.391 e. The van der Waals surface area contributed by atoms with Crippen LogP contribution in [-0.2, 0) is 6.42 Å². The van der Waals surface area contributed by atoms with Gasteiger partial charge in [-0.15, -0.1) is 11.3 Å². The van der Waals surface area contributed by atoms with Crippen molar-refractivity contribution in [3.8, 4) is 0 Å². The molecule has 0 radical (unpaired) electrons. The predicted octanol–water partition coefficient (Wildman–Crippen LogP) is 2.30. The smallest absolute Gasteiger partial charge is 0.105 e. The average molecular weight is 349 g/mol. The van der Waals surface area contributed by atoms with Crippen molar-refractivity contribution in [3.63, 3.8) is 0 Å². The number of aliphatic imine (C=N–C) groups is 1. The first kappa shape index (κ1) is 17.6. The van der Waals surface area contributed by atoms with Gasteiger partial charge in [0.25, 0.3) is 0 Å². The van der Waals surface area contributed by atoms with Crippen molar-refractivity contribution in [2.75, 3.05) is 6.54 Å². The highest BCUT2D eigenvalue weighted by molar-refractivity contribution is 7.12. The molecule has 4 atom stereocenters. The summed E-state index contributed by atoms with van der Waals surface area (Å²) in [4.78, 5) is 10.7. The third kappa shape index (κ3) is 3.55. The monoisotopic (exact) mass is 348 g/mol. The lowest BCUT2D eigenvalue weighted by atomic mass is 9.94. The number of hydrogen-bond donors (Lipinski definition) is 3. The first-order valence-electron chi connectivity index (χ1n) is 8.87. The van der Waals surface area contributed by atoms with Gasteiger partial charge in [0.2, 0.25) is 0 Å². The van der Waals surface area contributed by atoms with E-state index in [4.69, 9.17) is 16.5 Å². The van der Waals surface area contributed by atoms with Gasteiger partial charge in [0.15, 0.2) is 0 Å². The molecule has 5 N–H and O–H groups in total. The molecule has 1 aromatic heterocycles. The van der Waals surface area contributed by atoms with Crippen LogP contribution in [0.3, 0.4) is 0 Å². The van der Waals surface area contributed by atoms with E-state index in [0.717, 1.165) is 36.4 Å².